The van der Waals surface area contributed by atoms with E-state index < -0.39 is 0 Å². The number of nitrogens with zero attached hydrogens (tertiary/aromatic N) is 2. The van der Waals surface area contributed by atoms with Crippen LogP contribution in [-0.4, -0.2) is 16.8 Å². The van der Waals surface area contributed by atoms with Gasteiger partial charge in [0.1, 0.15) is 6.04 Å². The molecule has 0 spiro atoms. The molecule has 0 saturated heterocycles. The van der Waals surface area contributed by atoms with Gasteiger partial charge in [0.2, 0.25) is 5.91 Å². The third kappa shape index (κ3) is 5.80. The lowest BCUT2D eigenvalue weighted by atomic mass is 9.84. The molecule has 1 aliphatic carbocycles. The van der Waals surface area contributed by atoms with Crippen LogP contribution < -0.4 is 10.2 Å². The van der Waals surface area contributed by atoms with Gasteiger partial charge in [-0.2, -0.15) is 0 Å². The topological polar surface area (TPSA) is 44.7 Å². The quantitative estimate of drug-likeness (QED) is 0.267. The molecule has 4 nitrogen and oxygen atoms in total. The Morgan fingerprint density at radius 1 is 0.800 bits per heavy atom. The van der Waals surface area contributed by atoms with Crippen molar-refractivity contribution >= 4 is 40.3 Å². The third-order valence-electron chi connectivity index (χ3n) is 7.21. The Kier molecular flexibility index (Phi) is 7.92. The van der Waals surface area contributed by atoms with Gasteiger partial charge in [0.05, 0.1) is 5.75 Å². The summed E-state index contributed by atoms with van der Waals surface area (Å²) in [6.07, 6.45) is 5.40. The number of carbonyl (C=O) groups excluding carboxylic acids is 1. The average Bonchev–Trinajstić information content (AvgIpc) is 3.02. The molecule has 0 fully saturated rings. The fourth-order valence-electron chi connectivity index (χ4n) is 5.36. The number of benzene rings is 4. The highest BCUT2D eigenvalue weighted by atomic mass is 32.2. The molecular formula is C35H31N3OS. The van der Waals surface area contributed by atoms with Crippen LogP contribution in [0.4, 0.5) is 11.4 Å². The number of aliphatic imine (C=N–C) groups is 1. The maximum Gasteiger partial charge on any atom is 0.242 e. The number of para-hydroxylation sites is 2. The molecule has 0 bridgehead atoms. The highest BCUT2D eigenvalue weighted by molar-refractivity contribution is 8.14. The summed E-state index contributed by atoms with van der Waals surface area (Å²) in [4.78, 5) is 20.7. The number of thioether (sulfide) groups is 1. The molecule has 198 valence electrons. The summed E-state index contributed by atoms with van der Waals surface area (Å²) in [6, 6.07) is 40.6. The van der Waals surface area contributed by atoms with E-state index in [1.54, 1.807) is 4.90 Å². The minimum atomic E-state index is -0.0612. The summed E-state index contributed by atoms with van der Waals surface area (Å²) in [7, 11) is 0. The Morgan fingerprint density at radius 2 is 1.38 bits per heavy atom. The number of nitrogens with one attached hydrogen (secondary N) is 1. The number of carbonyl (C=O) groups is 1. The van der Waals surface area contributed by atoms with E-state index in [9.17, 15) is 4.79 Å². The van der Waals surface area contributed by atoms with Crippen molar-refractivity contribution in [3.8, 4) is 0 Å². The molecule has 4 aromatic carbocycles. The number of hydrogen-bond acceptors (Lipinski definition) is 4. The molecule has 1 atom stereocenters. The summed E-state index contributed by atoms with van der Waals surface area (Å²) in [5, 5.41) is 4.43. The van der Waals surface area contributed by atoms with Crippen LogP contribution in [0.15, 0.2) is 143 Å². The number of amidine groups is 1. The third-order valence-corrected chi connectivity index (χ3v) is 8.08. The maximum absolute atomic E-state index is 13.7. The van der Waals surface area contributed by atoms with Gasteiger partial charge in [0, 0.05) is 17.1 Å². The first-order chi connectivity index (χ1) is 19.8. The predicted octanol–water partition coefficient (Wildman–Crippen LogP) is 8.31. The Labute approximate surface area is 240 Å². The maximum atomic E-state index is 13.7. The molecular weight excluding hydrogens is 510 g/mol. The minimum Gasteiger partial charge on any atom is -0.335 e. The Bertz CT molecular complexity index is 1510. The van der Waals surface area contributed by atoms with Crippen molar-refractivity contribution in [1.82, 2.24) is 5.32 Å². The Hall–Kier alpha value is -4.35. The van der Waals surface area contributed by atoms with Crippen molar-refractivity contribution in [2.24, 2.45) is 4.99 Å². The fourth-order valence-corrected chi connectivity index (χ4v) is 6.10. The Balaban J connectivity index is 1.30. The monoisotopic (exact) mass is 541 g/mol. The summed E-state index contributed by atoms with van der Waals surface area (Å²) >= 11 is 1.47. The fraction of sp³-hybridized carbons (Fsp3) is 0.143. The van der Waals surface area contributed by atoms with Crippen molar-refractivity contribution in [2.75, 3.05) is 10.7 Å². The molecule has 0 aromatic heterocycles. The van der Waals surface area contributed by atoms with Gasteiger partial charge in [-0.25, -0.2) is 4.99 Å². The van der Waals surface area contributed by atoms with Crippen LogP contribution >= 0.6 is 11.8 Å². The van der Waals surface area contributed by atoms with Crippen LogP contribution in [0.25, 0.3) is 6.08 Å². The first-order valence-corrected chi connectivity index (χ1v) is 14.7. The van der Waals surface area contributed by atoms with Gasteiger partial charge in [-0.3, -0.25) is 9.69 Å². The molecule has 40 heavy (non-hydrogen) atoms. The molecule has 1 N–H and O–H groups in total. The van der Waals surface area contributed by atoms with E-state index in [0.717, 1.165) is 41.5 Å². The Morgan fingerprint density at radius 3 is 2.00 bits per heavy atom. The van der Waals surface area contributed by atoms with E-state index in [-0.39, 0.29) is 17.7 Å². The number of allylic oxidation sites excluding steroid dienone is 1. The van der Waals surface area contributed by atoms with Crippen molar-refractivity contribution in [3.63, 3.8) is 0 Å². The molecule has 1 amide bonds. The van der Waals surface area contributed by atoms with Crippen LogP contribution in [0, 0.1) is 0 Å². The molecule has 1 aliphatic heterocycles. The van der Waals surface area contributed by atoms with Gasteiger partial charge >= 0.3 is 0 Å². The van der Waals surface area contributed by atoms with E-state index in [0.29, 0.717) is 0 Å². The lowest BCUT2D eigenvalue weighted by Gasteiger charge is -2.33. The second-order valence-electron chi connectivity index (χ2n) is 9.90. The van der Waals surface area contributed by atoms with Crippen LogP contribution in [0.5, 0.6) is 0 Å². The van der Waals surface area contributed by atoms with Gasteiger partial charge in [0.25, 0.3) is 0 Å². The van der Waals surface area contributed by atoms with Crippen molar-refractivity contribution < 1.29 is 4.79 Å². The molecule has 0 unspecified atom stereocenters. The largest absolute Gasteiger partial charge is 0.335 e. The molecule has 0 radical (unpaired) electrons. The second kappa shape index (κ2) is 12.2. The second-order valence-corrected chi connectivity index (χ2v) is 10.9. The van der Waals surface area contributed by atoms with Crippen LogP contribution in [-0.2, 0) is 4.79 Å². The molecule has 6 rings (SSSR count). The number of anilines is 2. The van der Waals surface area contributed by atoms with Crippen LogP contribution in [0.3, 0.4) is 0 Å². The van der Waals surface area contributed by atoms with Crippen molar-refractivity contribution in [3.05, 3.63) is 149 Å². The first-order valence-electron chi connectivity index (χ1n) is 13.7. The zero-order chi connectivity index (χ0) is 27.1. The average molecular weight is 542 g/mol. The van der Waals surface area contributed by atoms with E-state index in [2.05, 4.69) is 59.9 Å². The molecule has 0 saturated carbocycles. The van der Waals surface area contributed by atoms with E-state index in [1.165, 1.54) is 34.0 Å². The lowest BCUT2D eigenvalue weighted by molar-refractivity contribution is -0.115. The summed E-state index contributed by atoms with van der Waals surface area (Å²) < 4.78 is 0. The predicted molar refractivity (Wildman–Crippen MR) is 168 cm³/mol. The SMILES string of the molecule is O=C(CSC1=N[C@H](c2ccccc2)C2=C(N1)/C(=C/c1ccccc1)CCC2)N(c1ccccc1)c1ccccc1. The number of hydrogen-bond donors (Lipinski definition) is 1. The lowest BCUT2D eigenvalue weighted by Crippen LogP contribution is -2.33. The standard InChI is InChI=1S/C35H31N3OS/c39-32(38(29-19-9-3-10-20-29)30-21-11-4-12-22-30)25-40-35-36-33(27-16-7-2-8-17-27)31-23-13-18-28(34(31)37-35)24-26-14-5-1-6-15-26/h1-12,14-17,19-22,24,33H,13,18,23,25H2,(H,36,37)/b28-24+/t33-/m1/s1. The highest BCUT2D eigenvalue weighted by Gasteiger charge is 2.30. The van der Waals surface area contributed by atoms with E-state index >= 15 is 0 Å². The van der Waals surface area contributed by atoms with Gasteiger partial charge in [-0.1, -0.05) is 109 Å². The molecule has 1 heterocycles. The molecule has 4 aromatic rings. The summed E-state index contributed by atoms with van der Waals surface area (Å²) in [5.41, 5.74) is 7.86. The van der Waals surface area contributed by atoms with Crippen molar-refractivity contribution in [1.29, 1.82) is 0 Å². The normalized spacial score (nSPS) is 17.6. The minimum absolute atomic E-state index is 0.00614. The number of amides is 1. The van der Waals surface area contributed by atoms with Crippen molar-refractivity contribution in [2.45, 2.75) is 25.3 Å². The van der Waals surface area contributed by atoms with Gasteiger partial charge in [0.15, 0.2) is 5.17 Å². The molecule has 2 aliphatic rings. The highest BCUT2D eigenvalue weighted by Crippen LogP contribution is 2.41. The zero-order valence-corrected chi connectivity index (χ0v) is 23.1. The van der Waals surface area contributed by atoms with E-state index in [1.807, 2.05) is 72.8 Å². The summed E-state index contributed by atoms with van der Waals surface area (Å²) in [6.45, 7) is 0. The smallest absolute Gasteiger partial charge is 0.242 e. The summed E-state index contributed by atoms with van der Waals surface area (Å²) in [5.74, 6) is 0.268. The molecule has 5 heteroatoms. The van der Waals surface area contributed by atoms with Gasteiger partial charge in [-0.05, 0) is 71.9 Å². The van der Waals surface area contributed by atoms with Gasteiger partial charge < -0.3 is 5.32 Å². The first kappa shape index (κ1) is 25.9. The van der Waals surface area contributed by atoms with Gasteiger partial charge in [-0.15, -0.1) is 0 Å². The number of rotatable bonds is 6. The zero-order valence-electron chi connectivity index (χ0n) is 22.2. The van der Waals surface area contributed by atoms with E-state index in [4.69, 9.17) is 4.99 Å². The van der Waals surface area contributed by atoms with Crippen LogP contribution in [0.1, 0.15) is 36.4 Å². The van der Waals surface area contributed by atoms with Crippen LogP contribution in [0.2, 0.25) is 0 Å².